The molecule has 1 aliphatic carbocycles. The number of hydrogen-bond acceptors (Lipinski definition) is 3. The molecular weight excluding hydrogens is 228 g/mol. The Morgan fingerprint density at radius 3 is 2.39 bits per heavy atom. The average molecular weight is 256 g/mol. The maximum Gasteiger partial charge on any atom is 0.222 e. The van der Waals surface area contributed by atoms with E-state index >= 15 is 0 Å². The van der Waals surface area contributed by atoms with Gasteiger partial charge in [0.25, 0.3) is 0 Å². The minimum atomic E-state index is -0.485. The molecule has 4 nitrogen and oxygen atoms in total. The Kier molecular flexibility index (Phi) is 5.60. The maximum atomic E-state index is 12.1. The van der Waals surface area contributed by atoms with Gasteiger partial charge in [-0.1, -0.05) is 26.2 Å². The van der Waals surface area contributed by atoms with Gasteiger partial charge in [-0.25, -0.2) is 0 Å². The predicted octanol–water partition coefficient (Wildman–Crippen LogP) is 1.58. The van der Waals surface area contributed by atoms with Gasteiger partial charge >= 0.3 is 0 Å². The van der Waals surface area contributed by atoms with Crippen molar-refractivity contribution in [2.45, 2.75) is 69.9 Å². The highest BCUT2D eigenvalue weighted by Crippen LogP contribution is 2.30. The van der Waals surface area contributed by atoms with E-state index in [2.05, 4.69) is 10.6 Å². The number of nitrogens with one attached hydrogen (secondary N) is 2. The molecule has 0 spiro atoms. The van der Waals surface area contributed by atoms with Crippen LogP contribution in [0.15, 0.2) is 0 Å². The van der Waals surface area contributed by atoms with E-state index in [1.807, 2.05) is 20.9 Å². The molecule has 0 aromatic carbocycles. The summed E-state index contributed by atoms with van der Waals surface area (Å²) in [7, 11) is 1.95. The van der Waals surface area contributed by atoms with Crippen LogP contribution in [0.5, 0.6) is 0 Å². The van der Waals surface area contributed by atoms with Crippen LogP contribution in [-0.4, -0.2) is 35.7 Å². The van der Waals surface area contributed by atoms with Gasteiger partial charge in [-0.15, -0.1) is 0 Å². The SMILES string of the molecule is CCC(C)(CO)NC(=O)CC1(NC)CCCCC1. The van der Waals surface area contributed by atoms with E-state index in [0.29, 0.717) is 6.42 Å². The highest BCUT2D eigenvalue weighted by Gasteiger charge is 2.34. The van der Waals surface area contributed by atoms with Crippen LogP contribution in [0, 0.1) is 0 Å². The molecule has 0 radical (unpaired) electrons. The molecule has 1 fully saturated rings. The molecule has 0 bridgehead atoms. The molecule has 1 rings (SSSR count). The molecule has 0 saturated heterocycles. The fraction of sp³-hybridized carbons (Fsp3) is 0.929. The van der Waals surface area contributed by atoms with E-state index < -0.39 is 5.54 Å². The van der Waals surface area contributed by atoms with E-state index in [-0.39, 0.29) is 18.1 Å². The summed E-state index contributed by atoms with van der Waals surface area (Å²) >= 11 is 0. The first kappa shape index (κ1) is 15.4. The number of carbonyl (C=O) groups excluding carboxylic acids is 1. The molecule has 3 N–H and O–H groups in total. The number of hydrogen-bond donors (Lipinski definition) is 3. The van der Waals surface area contributed by atoms with Crippen LogP contribution in [0.25, 0.3) is 0 Å². The second-order valence-electron chi connectivity index (χ2n) is 5.89. The van der Waals surface area contributed by atoms with Crippen molar-refractivity contribution in [3.8, 4) is 0 Å². The monoisotopic (exact) mass is 256 g/mol. The van der Waals surface area contributed by atoms with Gasteiger partial charge in [-0.05, 0) is 33.2 Å². The van der Waals surface area contributed by atoms with Crippen LogP contribution >= 0.6 is 0 Å². The third kappa shape index (κ3) is 3.95. The average Bonchev–Trinajstić information content (AvgIpc) is 2.39. The maximum absolute atomic E-state index is 12.1. The fourth-order valence-corrected chi connectivity index (χ4v) is 2.67. The summed E-state index contributed by atoms with van der Waals surface area (Å²) in [5.74, 6) is 0.0460. The van der Waals surface area contributed by atoms with Crippen LogP contribution in [0.4, 0.5) is 0 Å². The molecule has 1 saturated carbocycles. The molecule has 0 aromatic rings. The van der Waals surface area contributed by atoms with Crippen molar-refractivity contribution >= 4 is 5.91 Å². The summed E-state index contributed by atoms with van der Waals surface area (Å²) in [6, 6.07) is 0. The Balaban J connectivity index is 2.57. The standard InChI is InChI=1S/C14H28N2O2/c1-4-13(2,11-17)16-12(18)10-14(15-3)8-6-5-7-9-14/h15,17H,4-11H2,1-3H3,(H,16,18). The van der Waals surface area contributed by atoms with E-state index in [4.69, 9.17) is 0 Å². The van der Waals surface area contributed by atoms with E-state index in [0.717, 1.165) is 19.3 Å². The lowest BCUT2D eigenvalue weighted by atomic mass is 9.79. The highest BCUT2D eigenvalue weighted by molar-refractivity contribution is 5.78. The molecule has 106 valence electrons. The third-order valence-corrected chi connectivity index (χ3v) is 4.41. The normalized spacial score (nSPS) is 22.2. The van der Waals surface area contributed by atoms with Gasteiger partial charge in [0.2, 0.25) is 5.91 Å². The predicted molar refractivity (Wildman–Crippen MR) is 73.4 cm³/mol. The smallest absolute Gasteiger partial charge is 0.222 e. The Labute approximate surface area is 111 Å². The first-order chi connectivity index (χ1) is 8.49. The number of amides is 1. The minimum absolute atomic E-state index is 0.0121. The van der Waals surface area contributed by atoms with Crippen LogP contribution < -0.4 is 10.6 Å². The summed E-state index contributed by atoms with van der Waals surface area (Å²) in [5.41, 5.74) is -0.521. The molecule has 1 aliphatic rings. The van der Waals surface area contributed by atoms with Crippen molar-refractivity contribution in [1.29, 1.82) is 0 Å². The second kappa shape index (κ2) is 6.53. The number of rotatable bonds is 6. The van der Waals surface area contributed by atoms with Gasteiger partial charge in [0, 0.05) is 12.0 Å². The second-order valence-corrected chi connectivity index (χ2v) is 5.89. The van der Waals surface area contributed by atoms with Crippen molar-refractivity contribution in [2.75, 3.05) is 13.7 Å². The summed E-state index contributed by atoms with van der Waals surface area (Å²) in [4.78, 5) is 12.1. The lowest BCUT2D eigenvalue weighted by Crippen LogP contribution is -2.53. The Bertz CT molecular complexity index is 269. The molecular formula is C14H28N2O2. The lowest BCUT2D eigenvalue weighted by Gasteiger charge is -2.38. The summed E-state index contributed by atoms with van der Waals surface area (Å²) in [5, 5.41) is 15.6. The minimum Gasteiger partial charge on any atom is -0.394 e. The Hall–Kier alpha value is -0.610. The zero-order valence-corrected chi connectivity index (χ0v) is 12.0. The van der Waals surface area contributed by atoms with Crippen molar-refractivity contribution in [1.82, 2.24) is 10.6 Å². The number of carbonyl (C=O) groups is 1. The van der Waals surface area contributed by atoms with Crippen LogP contribution in [0.1, 0.15) is 58.8 Å². The molecule has 1 atom stereocenters. The van der Waals surface area contributed by atoms with Crippen LogP contribution in [-0.2, 0) is 4.79 Å². The van der Waals surface area contributed by atoms with Gasteiger partial charge in [-0.2, -0.15) is 0 Å². The van der Waals surface area contributed by atoms with Gasteiger partial charge < -0.3 is 15.7 Å². The zero-order valence-electron chi connectivity index (χ0n) is 12.0. The van der Waals surface area contributed by atoms with E-state index in [1.54, 1.807) is 0 Å². The van der Waals surface area contributed by atoms with Gasteiger partial charge in [0.05, 0.1) is 12.1 Å². The summed E-state index contributed by atoms with van der Waals surface area (Å²) in [6.07, 6.45) is 7.05. The molecule has 1 amide bonds. The molecule has 0 aliphatic heterocycles. The van der Waals surface area contributed by atoms with Crippen molar-refractivity contribution in [2.24, 2.45) is 0 Å². The third-order valence-electron chi connectivity index (χ3n) is 4.41. The van der Waals surface area contributed by atoms with Crippen molar-refractivity contribution < 1.29 is 9.90 Å². The van der Waals surface area contributed by atoms with Crippen molar-refractivity contribution in [3.05, 3.63) is 0 Å². The van der Waals surface area contributed by atoms with Crippen molar-refractivity contribution in [3.63, 3.8) is 0 Å². The summed E-state index contributed by atoms with van der Waals surface area (Å²) in [6.45, 7) is 3.85. The van der Waals surface area contributed by atoms with Gasteiger partial charge in [0.15, 0.2) is 0 Å². The molecule has 4 heteroatoms. The fourth-order valence-electron chi connectivity index (χ4n) is 2.67. The van der Waals surface area contributed by atoms with Crippen LogP contribution in [0.3, 0.4) is 0 Å². The highest BCUT2D eigenvalue weighted by atomic mass is 16.3. The topological polar surface area (TPSA) is 61.4 Å². The van der Waals surface area contributed by atoms with Gasteiger partial charge in [-0.3, -0.25) is 4.79 Å². The van der Waals surface area contributed by atoms with E-state index in [1.165, 1.54) is 19.3 Å². The number of aliphatic hydroxyl groups is 1. The molecule has 0 aromatic heterocycles. The lowest BCUT2D eigenvalue weighted by molar-refractivity contribution is -0.125. The molecule has 0 heterocycles. The largest absolute Gasteiger partial charge is 0.394 e. The first-order valence-electron chi connectivity index (χ1n) is 7.10. The van der Waals surface area contributed by atoms with Gasteiger partial charge in [0.1, 0.15) is 0 Å². The Morgan fingerprint density at radius 2 is 1.94 bits per heavy atom. The molecule has 18 heavy (non-hydrogen) atoms. The molecule has 1 unspecified atom stereocenters. The number of aliphatic hydroxyl groups excluding tert-OH is 1. The summed E-state index contributed by atoms with van der Waals surface area (Å²) < 4.78 is 0. The Morgan fingerprint density at radius 1 is 1.33 bits per heavy atom. The first-order valence-corrected chi connectivity index (χ1v) is 7.10. The van der Waals surface area contributed by atoms with Crippen LogP contribution in [0.2, 0.25) is 0 Å². The quantitative estimate of drug-likeness (QED) is 0.676. The zero-order chi connectivity index (χ0) is 13.6. The van der Waals surface area contributed by atoms with E-state index in [9.17, 15) is 9.90 Å².